The van der Waals surface area contributed by atoms with Crippen molar-refractivity contribution < 1.29 is 9.18 Å². The largest absolute Gasteiger partial charge is 0.350 e. The predicted molar refractivity (Wildman–Crippen MR) is 84.5 cm³/mol. The van der Waals surface area contributed by atoms with E-state index in [1.165, 1.54) is 18.2 Å². The molecule has 0 aliphatic carbocycles. The number of nitrogens with one attached hydrogen (secondary N) is 1. The molecular weight excluding hydrogens is 311 g/mol. The Labute approximate surface area is 132 Å². The number of nitrogens with zero attached hydrogens (tertiary/aromatic N) is 1. The van der Waals surface area contributed by atoms with E-state index >= 15 is 0 Å². The number of halogens is 2. The Hall–Kier alpha value is -1.43. The molecule has 1 heterocycles. The van der Waals surface area contributed by atoms with Crippen LogP contribution in [0.3, 0.4) is 0 Å². The van der Waals surface area contributed by atoms with Crippen LogP contribution in [0.2, 0.25) is 5.02 Å². The maximum Gasteiger partial charge on any atom is 0.254 e. The molecule has 0 saturated heterocycles. The first kappa shape index (κ1) is 15.9. The summed E-state index contributed by atoms with van der Waals surface area (Å²) in [7, 11) is 3.88. The van der Waals surface area contributed by atoms with Gasteiger partial charge >= 0.3 is 0 Å². The third kappa shape index (κ3) is 4.03. The van der Waals surface area contributed by atoms with Crippen LogP contribution in [0.15, 0.2) is 35.0 Å². The van der Waals surface area contributed by atoms with Gasteiger partial charge in [0.1, 0.15) is 5.82 Å². The Kier molecular flexibility index (Phi) is 5.33. The van der Waals surface area contributed by atoms with E-state index in [0.29, 0.717) is 11.6 Å². The number of likely N-dealkylation sites (N-methyl/N-ethyl adjacent to an activating group) is 1. The minimum Gasteiger partial charge on any atom is -0.350 e. The van der Waals surface area contributed by atoms with Gasteiger partial charge in [0.25, 0.3) is 5.91 Å². The number of hydrogen-bond donors (Lipinski definition) is 1. The van der Waals surface area contributed by atoms with Crippen LogP contribution in [0.25, 0.3) is 0 Å². The van der Waals surface area contributed by atoms with E-state index in [4.69, 9.17) is 11.6 Å². The van der Waals surface area contributed by atoms with Crippen molar-refractivity contribution in [2.45, 2.75) is 6.04 Å². The monoisotopic (exact) mass is 326 g/mol. The molecule has 0 spiro atoms. The number of hydrogen-bond acceptors (Lipinski definition) is 3. The highest BCUT2D eigenvalue weighted by atomic mass is 35.5. The summed E-state index contributed by atoms with van der Waals surface area (Å²) >= 11 is 7.41. The summed E-state index contributed by atoms with van der Waals surface area (Å²) in [5.74, 6) is -1.04. The summed E-state index contributed by atoms with van der Waals surface area (Å²) in [4.78, 5) is 14.1. The Morgan fingerprint density at radius 2 is 2.19 bits per heavy atom. The normalized spacial score (nSPS) is 12.4. The van der Waals surface area contributed by atoms with Crippen molar-refractivity contribution in [3.05, 3.63) is 57.0 Å². The lowest BCUT2D eigenvalue weighted by Gasteiger charge is -2.24. The Morgan fingerprint density at radius 3 is 2.81 bits per heavy atom. The molecule has 1 aromatic carbocycles. The Bertz CT molecular complexity index is 616. The molecule has 0 radical (unpaired) electrons. The van der Waals surface area contributed by atoms with Crippen LogP contribution in [0.5, 0.6) is 0 Å². The van der Waals surface area contributed by atoms with Gasteiger partial charge in [0.05, 0.1) is 11.6 Å². The van der Waals surface area contributed by atoms with Crippen LogP contribution in [-0.4, -0.2) is 31.4 Å². The Balaban J connectivity index is 2.07. The fraction of sp³-hybridized carbons (Fsp3) is 0.267. The molecule has 1 aromatic heterocycles. The molecule has 0 aliphatic heterocycles. The molecule has 1 amide bonds. The molecule has 0 bridgehead atoms. The van der Waals surface area contributed by atoms with E-state index in [1.807, 2.05) is 35.8 Å². The maximum atomic E-state index is 13.6. The number of benzene rings is 1. The van der Waals surface area contributed by atoms with E-state index in [2.05, 4.69) is 5.32 Å². The summed E-state index contributed by atoms with van der Waals surface area (Å²) in [5, 5.41) is 7.13. The van der Waals surface area contributed by atoms with Crippen molar-refractivity contribution in [1.82, 2.24) is 10.2 Å². The highest BCUT2D eigenvalue weighted by molar-refractivity contribution is 7.07. The van der Waals surface area contributed by atoms with E-state index < -0.39 is 11.7 Å². The molecule has 0 fully saturated rings. The minimum atomic E-state index is -0.575. The van der Waals surface area contributed by atoms with Crippen molar-refractivity contribution in [3.8, 4) is 0 Å². The smallest absolute Gasteiger partial charge is 0.254 e. The number of carbonyl (C=O) groups excluding carboxylic acids is 1. The van der Waals surface area contributed by atoms with E-state index in [9.17, 15) is 9.18 Å². The van der Waals surface area contributed by atoms with Gasteiger partial charge in [-0.05, 0) is 54.7 Å². The second kappa shape index (κ2) is 7.02. The molecule has 112 valence electrons. The molecule has 6 heteroatoms. The SMILES string of the molecule is CN(C)C(CNC(=O)c1cc(Cl)ccc1F)c1ccsc1. The molecule has 1 atom stereocenters. The summed E-state index contributed by atoms with van der Waals surface area (Å²) in [6, 6.07) is 6.01. The molecule has 2 rings (SSSR count). The fourth-order valence-electron chi connectivity index (χ4n) is 2.02. The van der Waals surface area contributed by atoms with Crippen LogP contribution in [0.4, 0.5) is 4.39 Å². The standard InChI is InChI=1S/C15H16ClFN2OS/c1-19(2)14(10-5-6-21-9-10)8-18-15(20)12-7-11(16)3-4-13(12)17/h3-7,9,14H,8H2,1-2H3,(H,18,20). The average Bonchev–Trinajstić information content (AvgIpc) is 2.95. The number of rotatable bonds is 5. The zero-order valence-electron chi connectivity index (χ0n) is 11.8. The number of thiophene rings is 1. The third-order valence-corrected chi connectivity index (χ3v) is 4.12. The Morgan fingerprint density at radius 1 is 1.43 bits per heavy atom. The number of carbonyl (C=O) groups is 1. The van der Waals surface area contributed by atoms with Gasteiger partial charge in [0.15, 0.2) is 0 Å². The fourth-order valence-corrected chi connectivity index (χ4v) is 2.90. The van der Waals surface area contributed by atoms with Crippen LogP contribution in [0.1, 0.15) is 22.0 Å². The third-order valence-electron chi connectivity index (χ3n) is 3.18. The second-order valence-corrected chi connectivity index (χ2v) is 6.09. The minimum absolute atomic E-state index is 0.0367. The van der Waals surface area contributed by atoms with E-state index in [0.717, 1.165) is 5.56 Å². The van der Waals surface area contributed by atoms with Crippen LogP contribution < -0.4 is 5.32 Å². The van der Waals surface area contributed by atoms with Crippen molar-refractivity contribution >= 4 is 28.8 Å². The van der Waals surface area contributed by atoms with Gasteiger partial charge in [-0.1, -0.05) is 11.6 Å². The first-order valence-corrected chi connectivity index (χ1v) is 7.73. The zero-order chi connectivity index (χ0) is 15.4. The number of amides is 1. The summed E-state index contributed by atoms with van der Waals surface area (Å²) in [6.45, 7) is 0.397. The van der Waals surface area contributed by atoms with Gasteiger partial charge in [0, 0.05) is 11.6 Å². The van der Waals surface area contributed by atoms with Gasteiger partial charge in [-0.2, -0.15) is 11.3 Å². The lowest BCUT2D eigenvalue weighted by atomic mass is 10.1. The predicted octanol–water partition coefficient (Wildman–Crippen LogP) is 3.57. The van der Waals surface area contributed by atoms with Crippen LogP contribution in [-0.2, 0) is 0 Å². The van der Waals surface area contributed by atoms with Crippen molar-refractivity contribution in [2.75, 3.05) is 20.6 Å². The van der Waals surface area contributed by atoms with Crippen molar-refractivity contribution in [3.63, 3.8) is 0 Å². The van der Waals surface area contributed by atoms with Crippen LogP contribution in [0, 0.1) is 5.82 Å². The summed E-state index contributed by atoms with van der Waals surface area (Å²) in [5.41, 5.74) is 1.09. The topological polar surface area (TPSA) is 32.3 Å². The quantitative estimate of drug-likeness (QED) is 0.911. The molecule has 21 heavy (non-hydrogen) atoms. The van der Waals surface area contributed by atoms with Crippen molar-refractivity contribution in [1.29, 1.82) is 0 Å². The van der Waals surface area contributed by atoms with Crippen LogP contribution >= 0.6 is 22.9 Å². The molecular formula is C15H16ClFN2OS. The molecule has 1 N–H and O–H groups in total. The van der Waals surface area contributed by atoms with E-state index in [1.54, 1.807) is 11.3 Å². The van der Waals surface area contributed by atoms with Gasteiger partial charge in [0.2, 0.25) is 0 Å². The van der Waals surface area contributed by atoms with Gasteiger partial charge in [-0.15, -0.1) is 0 Å². The molecule has 2 aromatic rings. The van der Waals surface area contributed by atoms with Crippen molar-refractivity contribution in [2.24, 2.45) is 0 Å². The average molecular weight is 327 g/mol. The molecule has 0 saturated carbocycles. The molecule has 0 aliphatic rings. The lowest BCUT2D eigenvalue weighted by Crippen LogP contribution is -2.34. The summed E-state index contributed by atoms with van der Waals surface area (Å²) < 4.78 is 13.6. The highest BCUT2D eigenvalue weighted by Gasteiger charge is 2.18. The first-order valence-electron chi connectivity index (χ1n) is 6.41. The zero-order valence-corrected chi connectivity index (χ0v) is 13.3. The van der Waals surface area contributed by atoms with Gasteiger partial charge < -0.3 is 10.2 Å². The maximum absolute atomic E-state index is 13.6. The van der Waals surface area contributed by atoms with Gasteiger partial charge in [-0.25, -0.2) is 4.39 Å². The van der Waals surface area contributed by atoms with E-state index in [-0.39, 0.29) is 11.6 Å². The second-order valence-electron chi connectivity index (χ2n) is 4.87. The highest BCUT2D eigenvalue weighted by Crippen LogP contribution is 2.20. The molecule has 1 unspecified atom stereocenters. The first-order chi connectivity index (χ1) is 9.99. The summed E-state index contributed by atoms with van der Waals surface area (Å²) in [6.07, 6.45) is 0. The van der Waals surface area contributed by atoms with Gasteiger partial charge in [-0.3, -0.25) is 4.79 Å². The lowest BCUT2D eigenvalue weighted by molar-refractivity contribution is 0.0938. The molecule has 3 nitrogen and oxygen atoms in total.